The molecular formula is C14H16ClNO3S. The third-order valence-corrected chi connectivity index (χ3v) is 4.62. The van der Waals surface area contributed by atoms with Gasteiger partial charge < -0.3 is 10.4 Å². The Hall–Kier alpha value is -1.20. The fraction of sp³-hybridized carbons (Fsp3) is 0.429. The van der Waals surface area contributed by atoms with E-state index in [4.69, 9.17) is 16.7 Å². The van der Waals surface area contributed by atoms with Crippen molar-refractivity contribution in [2.45, 2.75) is 30.6 Å². The first-order valence-electron chi connectivity index (χ1n) is 6.38. The molecule has 0 saturated heterocycles. The highest BCUT2D eigenvalue weighted by Gasteiger charge is 2.45. The first kappa shape index (κ1) is 15.2. The van der Waals surface area contributed by atoms with Gasteiger partial charge in [-0.3, -0.25) is 4.79 Å². The summed E-state index contributed by atoms with van der Waals surface area (Å²) in [6.07, 6.45) is 1.89. The second kappa shape index (κ2) is 6.50. The second-order valence-electron chi connectivity index (χ2n) is 4.91. The molecular weight excluding hydrogens is 298 g/mol. The molecule has 0 aliphatic heterocycles. The van der Waals surface area contributed by atoms with Gasteiger partial charge in [0.15, 0.2) is 0 Å². The van der Waals surface area contributed by atoms with Crippen molar-refractivity contribution in [2.75, 3.05) is 5.75 Å². The predicted molar refractivity (Wildman–Crippen MR) is 80.0 cm³/mol. The van der Waals surface area contributed by atoms with Crippen LogP contribution in [0.1, 0.15) is 24.8 Å². The molecule has 0 atom stereocenters. The van der Waals surface area contributed by atoms with E-state index >= 15 is 0 Å². The number of nitrogens with one attached hydrogen (secondary N) is 1. The average molecular weight is 314 g/mol. The van der Waals surface area contributed by atoms with Crippen LogP contribution < -0.4 is 5.32 Å². The first-order valence-corrected chi connectivity index (χ1v) is 7.92. The molecule has 2 N–H and O–H groups in total. The third-order valence-electron chi connectivity index (χ3n) is 3.39. The van der Waals surface area contributed by atoms with Crippen molar-refractivity contribution >= 4 is 35.2 Å². The van der Waals surface area contributed by atoms with E-state index in [0.717, 1.165) is 12.0 Å². The lowest BCUT2D eigenvalue weighted by Gasteiger charge is -2.38. The van der Waals surface area contributed by atoms with Gasteiger partial charge in [0.25, 0.3) is 0 Å². The van der Waals surface area contributed by atoms with Crippen LogP contribution in [0.4, 0.5) is 0 Å². The minimum atomic E-state index is -1.02. The van der Waals surface area contributed by atoms with Crippen LogP contribution in [0.5, 0.6) is 0 Å². The van der Waals surface area contributed by atoms with E-state index in [0.29, 0.717) is 23.6 Å². The molecule has 0 heterocycles. The Kier molecular flexibility index (Phi) is 4.94. The highest BCUT2D eigenvalue weighted by atomic mass is 35.5. The number of carboxylic acid groups (broad SMARTS) is 1. The number of amides is 1. The zero-order valence-corrected chi connectivity index (χ0v) is 12.5. The maximum Gasteiger partial charge on any atom is 0.329 e. The van der Waals surface area contributed by atoms with E-state index in [1.54, 1.807) is 6.07 Å². The van der Waals surface area contributed by atoms with Gasteiger partial charge in [-0.1, -0.05) is 23.7 Å². The normalized spacial score (nSPS) is 16.2. The number of carbonyl (C=O) groups excluding carboxylic acids is 1. The summed E-state index contributed by atoms with van der Waals surface area (Å²) in [7, 11) is 0. The van der Waals surface area contributed by atoms with E-state index in [2.05, 4.69) is 5.32 Å². The third kappa shape index (κ3) is 3.67. The molecule has 0 aromatic heterocycles. The summed E-state index contributed by atoms with van der Waals surface area (Å²) < 4.78 is 0. The highest BCUT2D eigenvalue weighted by Crippen LogP contribution is 2.32. The van der Waals surface area contributed by atoms with Crippen LogP contribution in [0.15, 0.2) is 24.3 Å². The van der Waals surface area contributed by atoms with Crippen LogP contribution in [0.25, 0.3) is 0 Å². The zero-order chi connectivity index (χ0) is 14.6. The minimum absolute atomic E-state index is 0.223. The van der Waals surface area contributed by atoms with Gasteiger partial charge in [-0.2, -0.15) is 0 Å². The topological polar surface area (TPSA) is 66.4 Å². The molecule has 1 aromatic carbocycles. The molecule has 1 aliphatic rings. The molecule has 0 radical (unpaired) electrons. The van der Waals surface area contributed by atoms with Crippen LogP contribution in [-0.4, -0.2) is 28.3 Å². The lowest BCUT2D eigenvalue weighted by atomic mass is 9.77. The Balaban J connectivity index is 1.77. The van der Waals surface area contributed by atoms with Crippen LogP contribution in [0, 0.1) is 0 Å². The number of carboxylic acids is 1. The summed E-state index contributed by atoms with van der Waals surface area (Å²) >= 11 is 7.33. The number of rotatable bonds is 6. The van der Waals surface area contributed by atoms with E-state index in [-0.39, 0.29) is 11.7 Å². The van der Waals surface area contributed by atoms with E-state index in [9.17, 15) is 9.59 Å². The van der Waals surface area contributed by atoms with E-state index < -0.39 is 11.5 Å². The highest BCUT2D eigenvalue weighted by molar-refractivity contribution is 7.99. The van der Waals surface area contributed by atoms with E-state index in [1.165, 1.54) is 11.8 Å². The molecule has 1 aromatic rings. The summed E-state index contributed by atoms with van der Waals surface area (Å²) in [5.41, 5.74) is 0.0279. The van der Waals surface area contributed by atoms with Crippen molar-refractivity contribution in [3.05, 3.63) is 34.9 Å². The molecule has 4 nitrogen and oxygen atoms in total. The molecule has 6 heteroatoms. The number of aliphatic carboxylic acids is 1. The summed E-state index contributed by atoms with van der Waals surface area (Å²) in [5, 5.41) is 12.4. The number of hydrogen-bond donors (Lipinski definition) is 2. The fourth-order valence-corrected chi connectivity index (χ4v) is 3.10. The standard InChI is InChI=1S/C14H16ClNO3S/c15-11-4-1-3-10(7-11)8-20-9-12(17)16-14(13(18)19)5-2-6-14/h1,3-4,7H,2,5-6,8-9H2,(H,16,17)(H,18,19). The van der Waals surface area contributed by atoms with Crippen molar-refractivity contribution in [1.82, 2.24) is 5.32 Å². The maximum atomic E-state index is 11.8. The zero-order valence-electron chi connectivity index (χ0n) is 10.9. The summed E-state index contributed by atoms with van der Waals surface area (Å²) in [6.45, 7) is 0. The van der Waals surface area contributed by atoms with Crippen molar-refractivity contribution in [3.63, 3.8) is 0 Å². The molecule has 108 valence electrons. The molecule has 1 fully saturated rings. The van der Waals surface area contributed by atoms with Crippen LogP contribution in [0.3, 0.4) is 0 Å². The van der Waals surface area contributed by atoms with Gasteiger partial charge in [-0.25, -0.2) is 4.79 Å². The van der Waals surface area contributed by atoms with Crippen molar-refractivity contribution in [1.29, 1.82) is 0 Å². The predicted octanol–water partition coefficient (Wildman–Crippen LogP) is 2.70. The molecule has 20 heavy (non-hydrogen) atoms. The fourth-order valence-electron chi connectivity index (χ4n) is 2.11. The van der Waals surface area contributed by atoms with Gasteiger partial charge in [0.1, 0.15) is 5.54 Å². The van der Waals surface area contributed by atoms with Gasteiger partial charge in [0.05, 0.1) is 5.75 Å². The van der Waals surface area contributed by atoms with Gasteiger partial charge >= 0.3 is 5.97 Å². The lowest BCUT2D eigenvalue weighted by molar-refractivity contribution is -0.151. The maximum absolute atomic E-state index is 11.8. The molecule has 0 bridgehead atoms. The van der Waals surface area contributed by atoms with E-state index in [1.807, 2.05) is 18.2 Å². The average Bonchev–Trinajstić information content (AvgIpc) is 2.33. The summed E-state index contributed by atoms with van der Waals surface area (Å²) in [6, 6.07) is 7.47. The lowest BCUT2D eigenvalue weighted by Crippen LogP contribution is -2.59. The SMILES string of the molecule is O=C(CSCc1cccc(Cl)c1)NC1(C(=O)O)CCC1. The molecule has 0 spiro atoms. The molecule has 0 unspecified atom stereocenters. The Labute approximate surface area is 126 Å². The minimum Gasteiger partial charge on any atom is -0.480 e. The van der Waals surface area contributed by atoms with Crippen LogP contribution in [-0.2, 0) is 15.3 Å². The quantitative estimate of drug-likeness (QED) is 0.847. The van der Waals surface area contributed by atoms with Crippen LogP contribution in [0.2, 0.25) is 5.02 Å². The Morgan fingerprint density at radius 3 is 2.70 bits per heavy atom. The Morgan fingerprint density at radius 2 is 2.15 bits per heavy atom. The summed E-state index contributed by atoms with van der Waals surface area (Å²) in [5.74, 6) is -0.230. The van der Waals surface area contributed by atoms with Crippen molar-refractivity contribution in [3.8, 4) is 0 Å². The Bertz CT molecular complexity index is 517. The number of thioether (sulfide) groups is 1. The molecule has 1 aliphatic carbocycles. The molecule has 1 saturated carbocycles. The number of benzene rings is 1. The van der Waals surface area contributed by atoms with Gasteiger partial charge in [-0.05, 0) is 37.0 Å². The monoisotopic (exact) mass is 313 g/mol. The number of hydrogen-bond acceptors (Lipinski definition) is 3. The molecule has 1 amide bonds. The largest absolute Gasteiger partial charge is 0.480 e. The smallest absolute Gasteiger partial charge is 0.329 e. The first-order chi connectivity index (χ1) is 9.52. The van der Waals surface area contributed by atoms with Gasteiger partial charge in [-0.15, -0.1) is 11.8 Å². The Morgan fingerprint density at radius 1 is 1.40 bits per heavy atom. The molecule has 2 rings (SSSR count). The van der Waals surface area contributed by atoms with Crippen molar-refractivity contribution in [2.24, 2.45) is 0 Å². The van der Waals surface area contributed by atoms with Gasteiger partial charge in [0.2, 0.25) is 5.91 Å². The summed E-state index contributed by atoms with van der Waals surface area (Å²) in [4.78, 5) is 22.9. The van der Waals surface area contributed by atoms with Gasteiger partial charge in [0, 0.05) is 10.8 Å². The number of carbonyl (C=O) groups is 2. The number of halogens is 1. The second-order valence-corrected chi connectivity index (χ2v) is 6.33. The van der Waals surface area contributed by atoms with Crippen LogP contribution >= 0.6 is 23.4 Å². The van der Waals surface area contributed by atoms with Crippen molar-refractivity contribution < 1.29 is 14.7 Å².